The van der Waals surface area contributed by atoms with E-state index in [9.17, 15) is 0 Å². The molecular formula is C58H47BN2S2. The second-order valence-corrected chi connectivity index (χ2v) is 24.9. The van der Waals surface area contributed by atoms with Crippen LogP contribution in [0.3, 0.4) is 0 Å². The predicted molar refractivity (Wildman–Crippen MR) is 268 cm³/mol. The van der Waals surface area contributed by atoms with E-state index in [-0.39, 0.29) is 6.85 Å². The second kappa shape index (κ2) is 11.0. The molecule has 0 radical (unpaired) electrons. The summed E-state index contributed by atoms with van der Waals surface area (Å²) in [6.45, 7) is 0.0966. The van der Waals surface area contributed by atoms with E-state index in [2.05, 4.69) is 112 Å². The highest BCUT2D eigenvalue weighted by molar-refractivity contribution is 7.27. The number of fused-ring (bicyclic) bond motifs is 16. The summed E-state index contributed by atoms with van der Waals surface area (Å²) >= 11 is 4.02. The molecule has 8 saturated carbocycles. The maximum absolute atomic E-state index is 2.90. The van der Waals surface area contributed by atoms with Crippen LogP contribution in [0.5, 0.6) is 0 Å². The quantitative estimate of drug-likeness (QED) is 0.153. The molecular weight excluding hydrogens is 800 g/mol. The molecule has 8 fully saturated rings. The lowest BCUT2D eigenvalue weighted by atomic mass is 9.45. The number of thiophene rings is 2. The van der Waals surface area contributed by atoms with E-state index in [0.29, 0.717) is 10.8 Å². The third-order valence-electron chi connectivity index (χ3n) is 19.5. The maximum atomic E-state index is 2.90. The maximum Gasteiger partial charge on any atom is 0.333 e. The van der Waals surface area contributed by atoms with E-state index in [1.54, 1.807) is 16.5 Å². The normalized spacial score (nSPS) is 30.5. The van der Waals surface area contributed by atoms with Gasteiger partial charge in [0, 0.05) is 58.3 Å². The van der Waals surface area contributed by atoms with E-state index in [1.165, 1.54) is 173 Å². The smallest absolute Gasteiger partial charge is 0.333 e. The Kier molecular flexibility index (Phi) is 5.86. The van der Waals surface area contributed by atoms with Crippen LogP contribution in [0.15, 0.2) is 103 Å². The van der Waals surface area contributed by atoms with Crippen molar-refractivity contribution in [2.75, 3.05) is 0 Å². The lowest BCUT2D eigenvalue weighted by Gasteiger charge is -2.57. The van der Waals surface area contributed by atoms with E-state index in [1.807, 2.05) is 22.7 Å². The molecule has 10 aromatic rings. The number of hydrogen-bond acceptors (Lipinski definition) is 2. The average Bonchev–Trinajstić information content (AvgIpc) is 4.03. The first kappa shape index (κ1) is 33.6. The van der Waals surface area contributed by atoms with Gasteiger partial charge in [-0.1, -0.05) is 60.7 Å². The van der Waals surface area contributed by atoms with Crippen molar-refractivity contribution >= 4 is 114 Å². The van der Waals surface area contributed by atoms with Gasteiger partial charge in [0.05, 0.1) is 26.1 Å². The number of rotatable bonds is 2. The number of aromatic nitrogens is 2. The van der Waals surface area contributed by atoms with Crippen molar-refractivity contribution in [1.29, 1.82) is 0 Å². The molecule has 0 saturated heterocycles. The van der Waals surface area contributed by atoms with Gasteiger partial charge >= 0.3 is 6.85 Å². The summed E-state index contributed by atoms with van der Waals surface area (Å²) in [5.41, 5.74) is 17.2. The van der Waals surface area contributed by atoms with Gasteiger partial charge in [-0.15, -0.1) is 22.7 Å². The third kappa shape index (κ3) is 3.94. The van der Waals surface area contributed by atoms with Gasteiger partial charge in [-0.05, 0) is 193 Å². The van der Waals surface area contributed by atoms with Gasteiger partial charge in [0.15, 0.2) is 0 Å². The molecule has 0 N–H and O–H groups in total. The Labute approximate surface area is 375 Å². The molecule has 63 heavy (non-hydrogen) atoms. The summed E-state index contributed by atoms with van der Waals surface area (Å²) in [6, 6.07) is 42.2. The number of nitrogens with zero attached hydrogens (tertiary/aromatic N) is 2. The Morgan fingerprint density at radius 1 is 0.460 bits per heavy atom. The Balaban J connectivity index is 1.01. The highest BCUT2D eigenvalue weighted by atomic mass is 32.1. The zero-order chi connectivity index (χ0) is 40.2. The first-order valence-corrected chi connectivity index (χ1v) is 26.2. The lowest BCUT2D eigenvalue weighted by molar-refractivity contribution is -0.00527. The molecule has 0 spiro atoms. The van der Waals surface area contributed by atoms with Crippen LogP contribution < -0.4 is 10.9 Å². The van der Waals surface area contributed by atoms with E-state index >= 15 is 0 Å². The summed E-state index contributed by atoms with van der Waals surface area (Å²) < 4.78 is 11.3. The minimum absolute atomic E-state index is 0.0966. The summed E-state index contributed by atoms with van der Waals surface area (Å²) in [7, 11) is 0. The topological polar surface area (TPSA) is 9.86 Å². The van der Waals surface area contributed by atoms with Crippen molar-refractivity contribution in [3.8, 4) is 16.8 Å². The van der Waals surface area contributed by atoms with Gasteiger partial charge in [-0.3, -0.25) is 0 Å². The fourth-order valence-corrected chi connectivity index (χ4v) is 20.7. The van der Waals surface area contributed by atoms with Gasteiger partial charge in [0.25, 0.3) is 0 Å². The lowest BCUT2D eigenvalue weighted by Crippen LogP contribution is -2.55. The van der Waals surface area contributed by atoms with Crippen LogP contribution in [0.4, 0.5) is 0 Å². The van der Waals surface area contributed by atoms with Gasteiger partial charge in [-0.2, -0.15) is 0 Å². The molecule has 0 atom stereocenters. The van der Waals surface area contributed by atoms with Crippen molar-refractivity contribution in [1.82, 2.24) is 9.05 Å². The van der Waals surface area contributed by atoms with Gasteiger partial charge in [0.1, 0.15) is 0 Å². The van der Waals surface area contributed by atoms with Gasteiger partial charge < -0.3 is 9.05 Å². The van der Waals surface area contributed by atoms with E-state index < -0.39 is 0 Å². The van der Waals surface area contributed by atoms with E-state index in [0.717, 1.165) is 35.5 Å². The molecule has 8 bridgehead atoms. The fourth-order valence-electron chi connectivity index (χ4n) is 18.2. The second-order valence-electron chi connectivity index (χ2n) is 22.8. The zero-order valence-corrected chi connectivity index (χ0v) is 37.2. The van der Waals surface area contributed by atoms with Crippen LogP contribution in [-0.2, 0) is 10.8 Å². The Hall–Kier alpha value is -4.84. The van der Waals surface area contributed by atoms with E-state index in [4.69, 9.17) is 0 Å². The molecule has 2 nitrogen and oxygen atoms in total. The standard InChI is InChI=1S/C58H47BN2S2/c1-3-10-48-38(6-1)45-23-42-44-22-37(58-27-33-17-34(28-58)19-35(18-33)29-58)21-43-41-20-36(57-24-30-14-31(25-57)16-32(15-30)26-57)12-13-47(41)61(51(43)44)59-46-9-5-8-40-52(46)60(54(50(42)59)56(45)62-48)53-39-7-2-4-11-49(39)63-55(40)53/h1-13,20-23,30-35H,14-19,24-29H2. The summed E-state index contributed by atoms with van der Waals surface area (Å²) in [5, 5.41) is 8.71. The SMILES string of the molecule is c1ccc2c(c1)sc1c3c4c(cc12)-c1cc(C25CC6CC(CC(C6)C2)C5)cc2c5cc(C67CC8CC(CC(C8)C6)C7)ccc5n(c12)B4c1cccc2c4sc5ccccc5c4n-3c12. The highest BCUT2D eigenvalue weighted by Crippen LogP contribution is 2.63. The largest absolute Gasteiger partial charge is 0.375 e. The van der Waals surface area contributed by atoms with Crippen molar-refractivity contribution < 1.29 is 0 Å². The monoisotopic (exact) mass is 846 g/mol. The predicted octanol–water partition coefficient (Wildman–Crippen LogP) is 14.4. The molecule has 2 aliphatic heterocycles. The van der Waals surface area contributed by atoms with Crippen LogP contribution in [0.25, 0.3) is 90.0 Å². The zero-order valence-electron chi connectivity index (χ0n) is 35.6. The molecule has 8 aliphatic carbocycles. The molecule has 4 aromatic heterocycles. The Morgan fingerprint density at radius 2 is 1.06 bits per heavy atom. The molecule has 304 valence electrons. The van der Waals surface area contributed by atoms with Crippen LogP contribution in [0.1, 0.15) is 88.2 Å². The molecule has 10 aliphatic rings. The fraction of sp³-hybridized carbons (Fsp3) is 0.345. The molecule has 0 amide bonds. The molecule has 20 rings (SSSR count). The molecule has 5 heteroatoms. The number of para-hydroxylation sites is 1. The number of hydrogen-bond donors (Lipinski definition) is 0. The van der Waals surface area contributed by atoms with Crippen LogP contribution in [0, 0.1) is 35.5 Å². The minimum atomic E-state index is 0.0966. The van der Waals surface area contributed by atoms with Crippen molar-refractivity contribution in [3.05, 3.63) is 114 Å². The Morgan fingerprint density at radius 3 is 1.78 bits per heavy atom. The number of benzene rings is 6. The summed E-state index contributed by atoms with van der Waals surface area (Å²) in [6.07, 6.45) is 17.4. The Bertz CT molecular complexity index is 3720. The van der Waals surface area contributed by atoms with Crippen LogP contribution in [-0.4, -0.2) is 15.9 Å². The minimum Gasteiger partial charge on any atom is -0.375 e. The van der Waals surface area contributed by atoms with Crippen LogP contribution >= 0.6 is 22.7 Å². The summed E-state index contributed by atoms with van der Waals surface area (Å²) in [5.74, 6) is 5.55. The molecule has 6 aromatic carbocycles. The average molecular weight is 847 g/mol. The highest BCUT2D eigenvalue weighted by Gasteiger charge is 2.54. The first-order chi connectivity index (χ1) is 31.0. The van der Waals surface area contributed by atoms with Gasteiger partial charge in [-0.25, -0.2) is 0 Å². The summed E-state index contributed by atoms with van der Waals surface area (Å²) in [4.78, 5) is 0. The van der Waals surface area contributed by atoms with Crippen molar-refractivity contribution in [2.24, 2.45) is 35.5 Å². The van der Waals surface area contributed by atoms with Crippen LogP contribution in [0.2, 0.25) is 0 Å². The molecule has 6 heterocycles. The van der Waals surface area contributed by atoms with Gasteiger partial charge in [0.2, 0.25) is 0 Å². The third-order valence-corrected chi connectivity index (χ3v) is 21.9. The molecule has 0 unspecified atom stereocenters. The van der Waals surface area contributed by atoms with Crippen molar-refractivity contribution in [3.63, 3.8) is 0 Å². The first-order valence-electron chi connectivity index (χ1n) is 24.6. The van der Waals surface area contributed by atoms with Crippen molar-refractivity contribution in [2.45, 2.75) is 87.9 Å².